The molecule has 1 saturated carbocycles. The van der Waals surface area contributed by atoms with E-state index in [-0.39, 0.29) is 5.54 Å². The molecule has 0 bridgehead atoms. The largest absolute Gasteiger partial charge is 0.307 e. The maximum absolute atomic E-state index is 3.57. The molecule has 0 aromatic carbocycles. The van der Waals surface area contributed by atoms with Crippen molar-refractivity contribution in [1.82, 2.24) is 10.2 Å². The van der Waals surface area contributed by atoms with Crippen molar-refractivity contribution in [1.29, 1.82) is 0 Å². The Morgan fingerprint density at radius 1 is 1.25 bits per heavy atom. The second-order valence-electron chi connectivity index (χ2n) is 7.53. The Morgan fingerprint density at radius 2 is 1.90 bits per heavy atom. The van der Waals surface area contributed by atoms with Gasteiger partial charge in [0.15, 0.2) is 0 Å². The minimum Gasteiger partial charge on any atom is -0.307 e. The molecule has 1 N–H and O–H groups in total. The third kappa shape index (κ3) is 5.55. The van der Waals surface area contributed by atoms with Crippen LogP contribution in [-0.4, -0.2) is 23.0 Å². The topological polar surface area (TPSA) is 15.3 Å². The van der Waals surface area contributed by atoms with Gasteiger partial charge in [0.05, 0.1) is 0 Å². The summed E-state index contributed by atoms with van der Waals surface area (Å²) >= 11 is 1.97. The van der Waals surface area contributed by atoms with Crippen LogP contribution in [0.1, 0.15) is 57.2 Å². The van der Waals surface area contributed by atoms with Gasteiger partial charge in [0.2, 0.25) is 0 Å². The van der Waals surface area contributed by atoms with Crippen molar-refractivity contribution in [2.75, 3.05) is 6.54 Å². The molecule has 0 spiro atoms. The van der Waals surface area contributed by atoms with Crippen LogP contribution in [0.15, 0.2) is 12.1 Å². The average molecular weight is 295 g/mol. The zero-order chi connectivity index (χ0) is 14.8. The van der Waals surface area contributed by atoms with Gasteiger partial charge in [0.1, 0.15) is 0 Å². The van der Waals surface area contributed by atoms with Crippen LogP contribution < -0.4 is 5.32 Å². The first kappa shape index (κ1) is 16.0. The van der Waals surface area contributed by atoms with E-state index in [9.17, 15) is 0 Å². The summed E-state index contributed by atoms with van der Waals surface area (Å²) in [7, 11) is 0. The number of nitrogens with one attached hydrogen (secondary N) is 1. The molecule has 1 aliphatic rings. The van der Waals surface area contributed by atoms with E-state index in [0.29, 0.717) is 0 Å². The van der Waals surface area contributed by atoms with E-state index in [1.807, 2.05) is 11.3 Å². The standard InChI is InChI=1S/C17H30N2S/c1-13(2)11-19(14-6-7-14)12-16-9-8-15(20-16)10-18-17(3,4)5/h8-9,13-14,18H,6-7,10-12H2,1-5H3. The summed E-state index contributed by atoms with van der Waals surface area (Å²) in [6.45, 7) is 14.7. The molecule has 114 valence electrons. The van der Waals surface area contributed by atoms with Gasteiger partial charge in [-0.1, -0.05) is 13.8 Å². The zero-order valence-electron chi connectivity index (χ0n) is 13.7. The van der Waals surface area contributed by atoms with Crippen LogP contribution in [0, 0.1) is 5.92 Å². The summed E-state index contributed by atoms with van der Waals surface area (Å²) in [5.41, 5.74) is 0.196. The molecule has 0 unspecified atom stereocenters. The molecule has 2 rings (SSSR count). The van der Waals surface area contributed by atoms with Crippen molar-refractivity contribution < 1.29 is 0 Å². The van der Waals surface area contributed by atoms with E-state index in [1.54, 1.807) is 0 Å². The lowest BCUT2D eigenvalue weighted by molar-refractivity contribution is 0.228. The van der Waals surface area contributed by atoms with Crippen LogP contribution in [0.25, 0.3) is 0 Å². The summed E-state index contributed by atoms with van der Waals surface area (Å²) in [5.74, 6) is 0.762. The lowest BCUT2D eigenvalue weighted by Gasteiger charge is -2.23. The normalized spacial score (nSPS) is 16.4. The predicted molar refractivity (Wildman–Crippen MR) is 89.2 cm³/mol. The third-order valence-corrected chi connectivity index (χ3v) is 4.60. The lowest BCUT2D eigenvalue weighted by Crippen LogP contribution is -2.34. The summed E-state index contributed by atoms with van der Waals surface area (Å²) < 4.78 is 0. The van der Waals surface area contributed by atoms with E-state index >= 15 is 0 Å². The SMILES string of the molecule is CC(C)CN(Cc1ccc(CNC(C)(C)C)s1)C1CC1. The summed E-state index contributed by atoms with van der Waals surface area (Å²) in [6, 6.07) is 5.47. The molecule has 0 radical (unpaired) electrons. The second kappa shape index (κ2) is 6.59. The molecule has 20 heavy (non-hydrogen) atoms. The van der Waals surface area contributed by atoms with Crippen molar-refractivity contribution in [2.24, 2.45) is 5.92 Å². The highest BCUT2D eigenvalue weighted by atomic mass is 32.1. The van der Waals surface area contributed by atoms with E-state index in [1.165, 1.54) is 29.1 Å². The van der Waals surface area contributed by atoms with Gasteiger partial charge < -0.3 is 5.32 Å². The molecule has 0 atom stereocenters. The summed E-state index contributed by atoms with van der Waals surface area (Å²) in [6.07, 6.45) is 2.80. The van der Waals surface area contributed by atoms with Gasteiger partial charge in [0.25, 0.3) is 0 Å². The molecule has 0 amide bonds. The van der Waals surface area contributed by atoms with Gasteiger partial charge in [-0.3, -0.25) is 4.90 Å². The predicted octanol–water partition coefficient (Wildman–Crippen LogP) is 4.26. The van der Waals surface area contributed by atoms with Gasteiger partial charge in [-0.25, -0.2) is 0 Å². The molecular weight excluding hydrogens is 264 g/mol. The van der Waals surface area contributed by atoms with E-state index < -0.39 is 0 Å². The average Bonchev–Trinajstić information content (AvgIpc) is 3.06. The first-order valence-electron chi connectivity index (χ1n) is 7.90. The maximum Gasteiger partial charge on any atom is 0.0331 e. The Labute approximate surface area is 128 Å². The number of hydrogen-bond donors (Lipinski definition) is 1. The van der Waals surface area contributed by atoms with Crippen LogP contribution >= 0.6 is 11.3 Å². The molecule has 0 saturated heterocycles. The molecule has 1 fully saturated rings. The van der Waals surface area contributed by atoms with Crippen LogP contribution in [0.3, 0.4) is 0 Å². The minimum atomic E-state index is 0.196. The first-order chi connectivity index (χ1) is 9.33. The minimum absolute atomic E-state index is 0.196. The molecule has 1 aromatic heterocycles. The number of rotatable bonds is 7. The summed E-state index contributed by atoms with van der Waals surface area (Å²) in [4.78, 5) is 5.65. The van der Waals surface area contributed by atoms with Crippen molar-refractivity contribution in [3.8, 4) is 0 Å². The van der Waals surface area contributed by atoms with Crippen LogP contribution in [0.5, 0.6) is 0 Å². The van der Waals surface area contributed by atoms with Gasteiger partial charge in [-0.05, 0) is 51.7 Å². The second-order valence-corrected chi connectivity index (χ2v) is 8.78. The highest BCUT2D eigenvalue weighted by molar-refractivity contribution is 7.11. The van der Waals surface area contributed by atoms with Crippen molar-refractivity contribution in [3.63, 3.8) is 0 Å². The Bertz CT molecular complexity index is 413. The van der Waals surface area contributed by atoms with Gasteiger partial charge in [-0.15, -0.1) is 11.3 Å². The van der Waals surface area contributed by atoms with Gasteiger partial charge >= 0.3 is 0 Å². The lowest BCUT2D eigenvalue weighted by atomic mass is 10.1. The van der Waals surface area contributed by atoms with Crippen LogP contribution in [-0.2, 0) is 13.1 Å². The fourth-order valence-electron chi connectivity index (χ4n) is 2.41. The van der Waals surface area contributed by atoms with Gasteiger partial charge in [-0.2, -0.15) is 0 Å². The first-order valence-corrected chi connectivity index (χ1v) is 8.72. The molecule has 3 heteroatoms. The van der Waals surface area contributed by atoms with E-state index in [2.05, 4.69) is 57.0 Å². The van der Waals surface area contributed by atoms with Crippen LogP contribution in [0.4, 0.5) is 0 Å². The molecule has 1 heterocycles. The van der Waals surface area contributed by atoms with E-state index in [4.69, 9.17) is 0 Å². The fraction of sp³-hybridized carbons (Fsp3) is 0.765. The Hall–Kier alpha value is -0.380. The molecule has 1 aliphatic carbocycles. The summed E-state index contributed by atoms with van der Waals surface area (Å²) in [5, 5.41) is 3.57. The highest BCUT2D eigenvalue weighted by Crippen LogP contribution is 2.30. The highest BCUT2D eigenvalue weighted by Gasteiger charge is 2.29. The Balaban J connectivity index is 1.87. The van der Waals surface area contributed by atoms with E-state index in [0.717, 1.165) is 25.0 Å². The van der Waals surface area contributed by atoms with Crippen molar-refractivity contribution in [2.45, 2.75) is 72.1 Å². The number of nitrogens with zero attached hydrogens (tertiary/aromatic N) is 1. The molecular formula is C17H30N2S. The van der Waals surface area contributed by atoms with Crippen LogP contribution in [0.2, 0.25) is 0 Å². The van der Waals surface area contributed by atoms with Crippen molar-refractivity contribution >= 4 is 11.3 Å². The fourth-order valence-corrected chi connectivity index (χ4v) is 3.39. The quantitative estimate of drug-likeness (QED) is 0.808. The third-order valence-electron chi connectivity index (χ3n) is 3.53. The zero-order valence-corrected chi connectivity index (χ0v) is 14.5. The number of thiophene rings is 1. The maximum atomic E-state index is 3.57. The monoisotopic (exact) mass is 294 g/mol. The smallest absolute Gasteiger partial charge is 0.0331 e. The molecule has 2 nitrogen and oxygen atoms in total. The van der Waals surface area contributed by atoms with Crippen molar-refractivity contribution in [3.05, 3.63) is 21.9 Å². The Morgan fingerprint density at radius 3 is 2.45 bits per heavy atom. The number of hydrogen-bond acceptors (Lipinski definition) is 3. The Kier molecular flexibility index (Phi) is 5.27. The molecule has 0 aliphatic heterocycles. The molecule has 1 aromatic rings. The van der Waals surface area contributed by atoms with Gasteiger partial charge in [0, 0.05) is 41.0 Å².